The van der Waals surface area contributed by atoms with Crippen molar-refractivity contribution < 1.29 is 9.53 Å². The van der Waals surface area contributed by atoms with Gasteiger partial charge in [0, 0.05) is 12.2 Å². The van der Waals surface area contributed by atoms with Crippen molar-refractivity contribution >= 4 is 23.2 Å². The van der Waals surface area contributed by atoms with E-state index in [1.807, 2.05) is 19.0 Å². The number of likely N-dealkylation sites (N-methyl/N-ethyl adjacent to an activating group) is 1. The number of ether oxygens (including phenoxy) is 1. The number of nitrogens with two attached hydrogens (primary N) is 1. The molecule has 0 heterocycles. The summed E-state index contributed by atoms with van der Waals surface area (Å²) in [5.74, 6) is 0.327. The molecular weight excluding hydrogens is 278 g/mol. The fraction of sp³-hybridized carbons (Fsp3) is 0.500. The molecule has 1 rings (SSSR count). The summed E-state index contributed by atoms with van der Waals surface area (Å²) < 4.78 is 5.56. The highest BCUT2D eigenvalue weighted by Gasteiger charge is 2.21. The van der Waals surface area contributed by atoms with Gasteiger partial charge >= 0.3 is 0 Å². The van der Waals surface area contributed by atoms with Crippen molar-refractivity contribution in [3.63, 3.8) is 0 Å². The first-order valence-electron chi connectivity index (χ1n) is 6.37. The van der Waals surface area contributed by atoms with Crippen LogP contribution in [0, 0.1) is 0 Å². The number of rotatable bonds is 6. The number of anilines is 1. The van der Waals surface area contributed by atoms with Crippen molar-refractivity contribution in [3.8, 4) is 5.75 Å². The van der Waals surface area contributed by atoms with Gasteiger partial charge in [-0.2, -0.15) is 0 Å². The number of carbonyl (C=O) groups excluding carboxylic acids is 1. The zero-order valence-corrected chi connectivity index (χ0v) is 13.1. The van der Waals surface area contributed by atoms with Gasteiger partial charge in [0.05, 0.1) is 10.6 Å². The summed E-state index contributed by atoms with van der Waals surface area (Å²) in [6.45, 7) is 4.63. The van der Waals surface area contributed by atoms with Crippen LogP contribution in [0.25, 0.3) is 0 Å². The van der Waals surface area contributed by atoms with Gasteiger partial charge in [0.2, 0.25) is 5.91 Å². The SMILES string of the molecule is CN(C)CCOc1ccc(NC(=O)C(C)(C)N)cc1Cl. The molecule has 0 atom stereocenters. The summed E-state index contributed by atoms with van der Waals surface area (Å²) in [7, 11) is 3.94. The molecule has 0 aliphatic rings. The predicted octanol–water partition coefficient (Wildman–Crippen LogP) is 1.96. The molecule has 0 saturated carbocycles. The van der Waals surface area contributed by atoms with Gasteiger partial charge in [-0.3, -0.25) is 4.79 Å². The van der Waals surface area contributed by atoms with Crippen molar-refractivity contribution in [3.05, 3.63) is 23.2 Å². The van der Waals surface area contributed by atoms with E-state index >= 15 is 0 Å². The van der Waals surface area contributed by atoms with Crippen molar-refractivity contribution in [2.75, 3.05) is 32.6 Å². The lowest BCUT2D eigenvalue weighted by atomic mass is 10.1. The molecule has 0 unspecified atom stereocenters. The topological polar surface area (TPSA) is 67.6 Å². The average Bonchev–Trinajstić information content (AvgIpc) is 2.30. The molecule has 1 aromatic rings. The van der Waals surface area contributed by atoms with Crippen molar-refractivity contribution in [1.82, 2.24) is 4.90 Å². The van der Waals surface area contributed by atoms with E-state index in [0.29, 0.717) is 23.1 Å². The maximum absolute atomic E-state index is 11.8. The second-order valence-corrected chi connectivity index (χ2v) is 5.88. The summed E-state index contributed by atoms with van der Waals surface area (Å²) in [5.41, 5.74) is 5.37. The third-order valence-corrected chi connectivity index (χ3v) is 2.87. The first-order chi connectivity index (χ1) is 9.20. The molecule has 5 nitrogen and oxygen atoms in total. The van der Waals surface area contributed by atoms with Gasteiger partial charge in [0.15, 0.2) is 0 Å². The van der Waals surface area contributed by atoms with Crippen molar-refractivity contribution in [1.29, 1.82) is 0 Å². The number of halogens is 1. The van der Waals surface area contributed by atoms with Crippen LogP contribution in [0.1, 0.15) is 13.8 Å². The zero-order chi connectivity index (χ0) is 15.3. The largest absolute Gasteiger partial charge is 0.491 e. The fourth-order valence-electron chi connectivity index (χ4n) is 1.33. The Morgan fingerprint density at radius 2 is 2.10 bits per heavy atom. The highest BCUT2D eigenvalue weighted by Crippen LogP contribution is 2.27. The number of hydrogen-bond acceptors (Lipinski definition) is 4. The van der Waals surface area contributed by atoms with Gasteiger partial charge in [-0.05, 0) is 46.1 Å². The van der Waals surface area contributed by atoms with Crippen LogP contribution in [0.15, 0.2) is 18.2 Å². The molecule has 0 fully saturated rings. The Morgan fingerprint density at radius 1 is 1.45 bits per heavy atom. The third-order valence-electron chi connectivity index (χ3n) is 2.57. The van der Waals surface area contributed by atoms with Crippen molar-refractivity contribution in [2.45, 2.75) is 19.4 Å². The molecular formula is C14H22ClN3O2. The molecule has 20 heavy (non-hydrogen) atoms. The van der Waals surface area contributed by atoms with Crippen LogP contribution >= 0.6 is 11.6 Å². The standard InChI is InChI=1S/C14H22ClN3O2/c1-14(2,16)13(19)17-10-5-6-12(11(15)9-10)20-8-7-18(3)4/h5-6,9H,7-8,16H2,1-4H3,(H,17,19). The number of amides is 1. The van der Waals surface area contributed by atoms with Gasteiger partial charge in [-0.25, -0.2) is 0 Å². The van der Waals surface area contributed by atoms with Gasteiger partial charge < -0.3 is 20.7 Å². The monoisotopic (exact) mass is 299 g/mol. The summed E-state index contributed by atoms with van der Waals surface area (Å²) in [6, 6.07) is 5.12. The number of hydrogen-bond donors (Lipinski definition) is 2. The second kappa shape index (κ2) is 6.92. The normalized spacial score (nSPS) is 11.6. The second-order valence-electron chi connectivity index (χ2n) is 5.47. The summed E-state index contributed by atoms with van der Waals surface area (Å²) in [4.78, 5) is 13.8. The minimum Gasteiger partial charge on any atom is -0.491 e. The first kappa shape index (κ1) is 16.8. The van der Waals surface area contributed by atoms with E-state index in [1.165, 1.54) is 0 Å². The van der Waals surface area contributed by atoms with Crippen LogP contribution in [0.2, 0.25) is 5.02 Å². The molecule has 0 aromatic heterocycles. The average molecular weight is 300 g/mol. The van der Waals surface area contributed by atoms with E-state index in [-0.39, 0.29) is 5.91 Å². The minimum absolute atomic E-state index is 0.269. The van der Waals surface area contributed by atoms with Crippen LogP contribution in [0.5, 0.6) is 5.75 Å². The van der Waals surface area contributed by atoms with Crippen molar-refractivity contribution in [2.24, 2.45) is 5.73 Å². The highest BCUT2D eigenvalue weighted by molar-refractivity contribution is 6.32. The quantitative estimate of drug-likeness (QED) is 0.842. The smallest absolute Gasteiger partial charge is 0.243 e. The van der Waals surface area contributed by atoms with Gasteiger partial charge in [-0.1, -0.05) is 11.6 Å². The van der Waals surface area contributed by atoms with E-state index in [4.69, 9.17) is 22.1 Å². The summed E-state index contributed by atoms with van der Waals surface area (Å²) >= 11 is 6.12. The van der Waals surface area contributed by atoms with Gasteiger partial charge in [0.25, 0.3) is 0 Å². The lowest BCUT2D eigenvalue weighted by Crippen LogP contribution is -2.45. The molecule has 0 radical (unpaired) electrons. The van der Waals surface area contributed by atoms with E-state index in [9.17, 15) is 4.79 Å². The molecule has 1 amide bonds. The van der Waals surface area contributed by atoms with Gasteiger partial charge in [-0.15, -0.1) is 0 Å². The maximum Gasteiger partial charge on any atom is 0.243 e. The molecule has 3 N–H and O–H groups in total. The van der Waals surface area contributed by atoms with E-state index < -0.39 is 5.54 Å². The minimum atomic E-state index is -0.937. The Hall–Kier alpha value is -1.30. The van der Waals surface area contributed by atoms with Crippen LogP contribution in [0.4, 0.5) is 5.69 Å². The summed E-state index contributed by atoms with van der Waals surface area (Å²) in [6.07, 6.45) is 0. The van der Waals surface area contributed by atoms with Crippen LogP contribution < -0.4 is 15.8 Å². The maximum atomic E-state index is 11.8. The molecule has 1 aromatic carbocycles. The Balaban J connectivity index is 2.66. The van der Waals surface area contributed by atoms with E-state index in [2.05, 4.69) is 5.32 Å². The molecule has 112 valence electrons. The Morgan fingerprint density at radius 3 is 2.60 bits per heavy atom. The van der Waals surface area contributed by atoms with Gasteiger partial charge in [0.1, 0.15) is 12.4 Å². The van der Waals surface area contributed by atoms with Crippen LogP contribution in [-0.2, 0) is 4.79 Å². The molecule has 0 aliphatic heterocycles. The Bertz CT molecular complexity index is 470. The predicted molar refractivity (Wildman–Crippen MR) is 82.4 cm³/mol. The van der Waals surface area contributed by atoms with E-state index in [1.54, 1.807) is 32.0 Å². The van der Waals surface area contributed by atoms with Crippen LogP contribution in [0.3, 0.4) is 0 Å². The Labute approximate surface area is 125 Å². The van der Waals surface area contributed by atoms with E-state index in [0.717, 1.165) is 6.54 Å². The highest BCUT2D eigenvalue weighted by atomic mass is 35.5. The third kappa shape index (κ3) is 5.36. The fourth-order valence-corrected chi connectivity index (χ4v) is 1.56. The number of carbonyl (C=O) groups is 1. The summed E-state index contributed by atoms with van der Waals surface area (Å²) in [5, 5.41) is 3.17. The first-order valence-corrected chi connectivity index (χ1v) is 6.75. The molecule has 0 saturated heterocycles. The Kier molecular flexibility index (Phi) is 5.80. The number of nitrogens with zero attached hydrogens (tertiary/aromatic N) is 1. The molecule has 0 bridgehead atoms. The lowest BCUT2D eigenvalue weighted by molar-refractivity contribution is -0.120. The molecule has 6 heteroatoms. The molecule has 0 spiro atoms. The molecule has 0 aliphatic carbocycles. The lowest BCUT2D eigenvalue weighted by Gasteiger charge is -2.18. The van der Waals surface area contributed by atoms with Crippen LogP contribution in [-0.4, -0.2) is 43.6 Å². The number of nitrogens with one attached hydrogen (secondary N) is 1. The zero-order valence-electron chi connectivity index (χ0n) is 12.4. The number of benzene rings is 1.